The Morgan fingerprint density at radius 3 is 2.09 bits per heavy atom. The Morgan fingerprint density at radius 2 is 1.49 bits per heavy atom. The minimum Gasteiger partial charge on any atom is -0.383 e. The number of nitrogens with zero attached hydrogens (tertiary/aromatic N) is 5. The molecule has 5 rings (SSSR count). The molecule has 1 amide bonds. The van der Waals surface area contributed by atoms with E-state index in [0.29, 0.717) is 16.5 Å². The molecular formula is C32H31N7O3S. The van der Waals surface area contributed by atoms with Gasteiger partial charge in [-0.05, 0) is 26.3 Å². The Hall–Kier alpha value is -5.03. The van der Waals surface area contributed by atoms with Crippen LogP contribution in [-0.2, 0) is 11.3 Å². The number of aryl methyl sites for hydroxylation is 2. The van der Waals surface area contributed by atoms with Gasteiger partial charge in [-0.25, -0.2) is 9.78 Å². The fourth-order valence-corrected chi connectivity index (χ4v) is 5.28. The Labute approximate surface area is 252 Å². The first-order chi connectivity index (χ1) is 20.7. The minimum atomic E-state index is -0.728. The predicted octanol–water partition coefficient (Wildman–Crippen LogP) is 4.45. The number of carbonyl (C=O) groups excluding carboxylic acids is 1. The molecule has 2 aromatic heterocycles. The lowest BCUT2D eigenvalue weighted by Gasteiger charge is -2.23. The van der Waals surface area contributed by atoms with Crippen LogP contribution in [-0.4, -0.2) is 42.9 Å². The van der Waals surface area contributed by atoms with Gasteiger partial charge >= 0.3 is 5.69 Å². The van der Waals surface area contributed by atoms with Crippen LogP contribution in [0.2, 0.25) is 0 Å². The summed E-state index contributed by atoms with van der Waals surface area (Å²) < 4.78 is 1.25. The molecule has 0 spiro atoms. The lowest BCUT2D eigenvalue weighted by atomic mass is 10.0. The van der Waals surface area contributed by atoms with E-state index in [9.17, 15) is 14.4 Å². The summed E-state index contributed by atoms with van der Waals surface area (Å²) in [7, 11) is 0. The number of anilines is 2. The highest BCUT2D eigenvalue weighted by molar-refractivity contribution is 7.99. The van der Waals surface area contributed by atoms with Crippen LogP contribution in [0.25, 0.3) is 22.5 Å². The Balaban J connectivity index is 1.42. The first-order valence-electron chi connectivity index (χ1n) is 13.7. The zero-order valence-corrected chi connectivity index (χ0v) is 24.9. The van der Waals surface area contributed by atoms with Crippen LogP contribution in [0.15, 0.2) is 93.6 Å². The summed E-state index contributed by atoms with van der Waals surface area (Å²) in [5.41, 5.74) is 11.0. The van der Waals surface area contributed by atoms with Crippen LogP contribution >= 0.6 is 11.8 Å². The van der Waals surface area contributed by atoms with Crippen LogP contribution < -0.4 is 21.9 Å². The molecular weight excluding hydrogens is 562 g/mol. The number of nitrogens with two attached hydrogens (primary N) is 1. The molecule has 5 aromatic rings. The number of hydrogen-bond acceptors (Lipinski definition) is 8. The molecule has 2 heterocycles. The van der Waals surface area contributed by atoms with E-state index in [1.165, 1.54) is 9.47 Å². The average molecular weight is 594 g/mol. The molecule has 0 bridgehead atoms. The average Bonchev–Trinajstić information content (AvgIpc) is 3.01. The maximum absolute atomic E-state index is 13.5. The van der Waals surface area contributed by atoms with Gasteiger partial charge in [0.05, 0.1) is 12.3 Å². The second-order valence-electron chi connectivity index (χ2n) is 10.0. The van der Waals surface area contributed by atoms with Crippen molar-refractivity contribution in [2.24, 2.45) is 0 Å². The number of hydrogen-bond donors (Lipinski definition) is 2. The van der Waals surface area contributed by atoms with Crippen LogP contribution in [0, 0.1) is 13.8 Å². The summed E-state index contributed by atoms with van der Waals surface area (Å²) in [6, 6.07) is 25.2. The predicted molar refractivity (Wildman–Crippen MR) is 170 cm³/mol. The highest BCUT2D eigenvalue weighted by atomic mass is 32.2. The first-order valence-corrected chi connectivity index (χ1v) is 14.7. The molecule has 11 heteroatoms. The molecule has 0 fully saturated rings. The maximum Gasteiger partial charge on any atom is 0.330 e. The Morgan fingerprint density at radius 1 is 0.884 bits per heavy atom. The molecule has 0 saturated carbocycles. The zero-order chi connectivity index (χ0) is 30.5. The number of nitrogen functional groups attached to an aromatic ring is 1. The highest BCUT2D eigenvalue weighted by Gasteiger charge is 2.24. The van der Waals surface area contributed by atoms with Crippen molar-refractivity contribution in [3.63, 3.8) is 0 Å². The van der Waals surface area contributed by atoms with Gasteiger partial charge in [0.25, 0.3) is 5.56 Å². The number of nitrogens with one attached hydrogen (secondary N) is 1. The summed E-state index contributed by atoms with van der Waals surface area (Å²) in [5.74, 6) is -0.554. The lowest BCUT2D eigenvalue weighted by molar-refractivity contribution is -0.116. The van der Waals surface area contributed by atoms with Gasteiger partial charge < -0.3 is 10.6 Å². The lowest BCUT2D eigenvalue weighted by Crippen LogP contribution is -2.41. The van der Waals surface area contributed by atoms with Crippen molar-refractivity contribution in [2.75, 3.05) is 22.9 Å². The number of H-pyrrole nitrogens is 1. The quantitative estimate of drug-likeness (QED) is 0.239. The number of benzene rings is 3. The van der Waals surface area contributed by atoms with Crippen molar-refractivity contribution in [2.45, 2.75) is 32.5 Å². The van der Waals surface area contributed by atoms with Crippen molar-refractivity contribution in [3.8, 4) is 22.5 Å². The molecule has 0 radical (unpaired) electrons. The number of amides is 1. The molecule has 10 nitrogen and oxygen atoms in total. The first kappa shape index (κ1) is 29.5. The van der Waals surface area contributed by atoms with Gasteiger partial charge in [0, 0.05) is 17.7 Å². The number of rotatable bonds is 9. The normalized spacial score (nSPS) is 11.0. The van der Waals surface area contributed by atoms with Crippen molar-refractivity contribution in [1.29, 1.82) is 0 Å². The van der Waals surface area contributed by atoms with Gasteiger partial charge in [0.15, 0.2) is 5.69 Å². The third-order valence-electron chi connectivity index (χ3n) is 6.93. The smallest absolute Gasteiger partial charge is 0.330 e. The molecule has 0 aliphatic carbocycles. The Bertz CT molecular complexity index is 1870. The van der Waals surface area contributed by atoms with Crippen LogP contribution in [0.4, 0.5) is 11.5 Å². The molecule has 0 aliphatic heterocycles. The third-order valence-corrected chi connectivity index (χ3v) is 7.75. The molecule has 0 saturated heterocycles. The van der Waals surface area contributed by atoms with Gasteiger partial charge in [-0.15, -0.1) is 10.2 Å². The molecule has 3 N–H and O–H groups in total. The van der Waals surface area contributed by atoms with Crippen molar-refractivity contribution in [1.82, 2.24) is 24.7 Å². The van der Waals surface area contributed by atoms with E-state index in [1.54, 1.807) is 6.92 Å². The van der Waals surface area contributed by atoms with E-state index in [1.807, 2.05) is 92.7 Å². The van der Waals surface area contributed by atoms with Crippen LogP contribution in [0.5, 0.6) is 0 Å². The summed E-state index contributed by atoms with van der Waals surface area (Å²) >= 11 is 1.11. The third kappa shape index (κ3) is 6.57. The molecule has 0 aliphatic rings. The van der Waals surface area contributed by atoms with E-state index < -0.39 is 17.2 Å². The van der Waals surface area contributed by atoms with Crippen molar-refractivity contribution >= 4 is 29.2 Å². The zero-order valence-electron chi connectivity index (χ0n) is 24.1. The SMILES string of the molecule is CCN(C(=O)CSc1nnc(-c2ccc(C)cc2)c(-c2ccc(C)cc2)n1)c1c(N)n(Cc2ccccc2)c(=O)[nH]c1=O. The highest BCUT2D eigenvalue weighted by Crippen LogP contribution is 2.30. The summed E-state index contributed by atoms with van der Waals surface area (Å²) in [4.78, 5) is 47.3. The second-order valence-corrected chi connectivity index (χ2v) is 11.0. The topological polar surface area (TPSA) is 140 Å². The van der Waals surface area contributed by atoms with Crippen LogP contribution in [0.1, 0.15) is 23.6 Å². The van der Waals surface area contributed by atoms with Crippen LogP contribution in [0.3, 0.4) is 0 Å². The van der Waals surface area contributed by atoms with Gasteiger partial charge in [-0.1, -0.05) is 102 Å². The van der Waals surface area contributed by atoms with Crippen molar-refractivity contribution < 1.29 is 4.79 Å². The number of carbonyl (C=O) groups is 1. The molecule has 0 unspecified atom stereocenters. The maximum atomic E-state index is 13.5. The fourth-order valence-electron chi connectivity index (χ4n) is 4.62. The number of aromatic amines is 1. The van der Waals surface area contributed by atoms with E-state index in [0.717, 1.165) is 39.6 Å². The second kappa shape index (κ2) is 12.9. The van der Waals surface area contributed by atoms with Crippen molar-refractivity contribution in [3.05, 3.63) is 116 Å². The molecule has 3 aromatic carbocycles. The monoisotopic (exact) mass is 593 g/mol. The minimum absolute atomic E-state index is 0.0715. The molecule has 0 atom stereocenters. The number of thioether (sulfide) groups is 1. The summed E-state index contributed by atoms with van der Waals surface area (Å²) in [6.07, 6.45) is 0. The van der Waals surface area contributed by atoms with E-state index in [2.05, 4.69) is 15.2 Å². The van der Waals surface area contributed by atoms with Gasteiger partial charge in [0.2, 0.25) is 11.1 Å². The Kier molecular flexibility index (Phi) is 8.82. The number of aromatic nitrogens is 5. The fraction of sp³-hybridized carbons (Fsp3) is 0.188. The van der Waals surface area contributed by atoms with Gasteiger partial charge in [-0.2, -0.15) is 0 Å². The summed E-state index contributed by atoms with van der Waals surface area (Å²) in [5, 5.41) is 9.12. The summed E-state index contributed by atoms with van der Waals surface area (Å²) in [6.45, 7) is 6.07. The molecule has 218 valence electrons. The van der Waals surface area contributed by atoms with Gasteiger partial charge in [-0.3, -0.25) is 19.1 Å². The van der Waals surface area contributed by atoms with E-state index in [-0.39, 0.29) is 30.3 Å². The largest absolute Gasteiger partial charge is 0.383 e. The van der Waals surface area contributed by atoms with E-state index >= 15 is 0 Å². The van der Waals surface area contributed by atoms with E-state index in [4.69, 9.17) is 10.7 Å². The molecule has 43 heavy (non-hydrogen) atoms. The van der Waals surface area contributed by atoms with Gasteiger partial charge in [0.1, 0.15) is 17.2 Å². The standard InChI is InChI=1S/C32H31N7O3S/c1-4-38(28-29(33)39(32(42)35-30(28)41)18-22-8-6-5-7-9-22)25(40)19-43-31-34-26(23-14-10-20(2)11-15-23)27(36-37-31)24-16-12-21(3)13-17-24/h5-17H,4,18-19,33H2,1-3H3,(H,35,41,42).